The lowest BCUT2D eigenvalue weighted by Crippen LogP contribution is -2.31. The number of aliphatic imine (C=N–C) groups is 2. The standard InChI is InChI=1S/C25H27N5O/c1-18(30(2)17-20-12-7-4-8-13-20)21-14-9-15-22(23(21)31)29-25(27)24(26)28-16-19-10-5-3-6-11-19/h3-15,31H,1,16-17H2,2H3,(H2,26,28)(H2,27,29). The second-order valence-electron chi connectivity index (χ2n) is 7.15. The summed E-state index contributed by atoms with van der Waals surface area (Å²) in [4.78, 5) is 10.5. The van der Waals surface area contributed by atoms with Crippen molar-refractivity contribution in [1.29, 1.82) is 0 Å². The van der Waals surface area contributed by atoms with Gasteiger partial charge in [-0.15, -0.1) is 0 Å². The lowest BCUT2D eigenvalue weighted by Gasteiger charge is -2.23. The molecule has 3 rings (SSSR count). The number of amidine groups is 2. The van der Waals surface area contributed by atoms with Crippen molar-refractivity contribution in [2.45, 2.75) is 13.1 Å². The maximum Gasteiger partial charge on any atom is 0.166 e. The molecule has 0 heterocycles. The van der Waals surface area contributed by atoms with Gasteiger partial charge >= 0.3 is 0 Å². The largest absolute Gasteiger partial charge is 0.505 e. The van der Waals surface area contributed by atoms with Crippen LogP contribution in [0.2, 0.25) is 0 Å². The summed E-state index contributed by atoms with van der Waals surface area (Å²) in [6.07, 6.45) is 0. The molecule has 0 spiro atoms. The fraction of sp³-hybridized carbons (Fsp3) is 0.120. The quantitative estimate of drug-likeness (QED) is 0.402. The van der Waals surface area contributed by atoms with E-state index in [2.05, 4.69) is 16.6 Å². The van der Waals surface area contributed by atoms with E-state index in [1.807, 2.05) is 72.6 Å². The lowest BCUT2D eigenvalue weighted by molar-refractivity contribution is 0.455. The number of nitrogens with zero attached hydrogens (tertiary/aromatic N) is 3. The Hall–Kier alpha value is -4.06. The van der Waals surface area contributed by atoms with E-state index in [1.54, 1.807) is 18.2 Å². The molecule has 0 saturated heterocycles. The first kappa shape index (κ1) is 21.6. The van der Waals surface area contributed by atoms with Crippen LogP contribution < -0.4 is 11.5 Å². The van der Waals surface area contributed by atoms with Crippen molar-refractivity contribution in [1.82, 2.24) is 4.90 Å². The normalized spacial score (nSPS) is 11.9. The van der Waals surface area contributed by atoms with Gasteiger partial charge in [0.25, 0.3) is 0 Å². The Morgan fingerprint density at radius 1 is 0.871 bits per heavy atom. The van der Waals surface area contributed by atoms with Gasteiger partial charge in [0.15, 0.2) is 17.4 Å². The highest BCUT2D eigenvalue weighted by Gasteiger charge is 2.14. The zero-order valence-electron chi connectivity index (χ0n) is 17.6. The number of para-hydroxylation sites is 1. The zero-order valence-corrected chi connectivity index (χ0v) is 17.6. The van der Waals surface area contributed by atoms with Gasteiger partial charge in [0.1, 0.15) is 5.69 Å². The maximum atomic E-state index is 10.8. The van der Waals surface area contributed by atoms with Crippen LogP contribution in [-0.2, 0) is 13.1 Å². The molecule has 6 nitrogen and oxygen atoms in total. The Morgan fingerprint density at radius 3 is 2.13 bits per heavy atom. The van der Waals surface area contributed by atoms with E-state index in [1.165, 1.54) is 0 Å². The Labute approximate surface area is 182 Å². The smallest absolute Gasteiger partial charge is 0.166 e. The Kier molecular flexibility index (Phi) is 7.06. The monoisotopic (exact) mass is 413 g/mol. The Bertz CT molecular complexity index is 1090. The molecule has 5 N–H and O–H groups in total. The number of phenolic OH excluding ortho intramolecular Hbond substituents is 1. The van der Waals surface area contributed by atoms with Gasteiger partial charge in [-0.2, -0.15) is 0 Å². The minimum atomic E-state index is -0.00813. The van der Waals surface area contributed by atoms with Crippen molar-refractivity contribution in [2.75, 3.05) is 7.05 Å². The van der Waals surface area contributed by atoms with E-state index < -0.39 is 0 Å². The predicted octanol–water partition coefficient (Wildman–Crippen LogP) is 4.04. The summed E-state index contributed by atoms with van der Waals surface area (Å²) in [5.74, 6) is 0.159. The SMILES string of the molecule is C=C(c1cccc(N=C(N)C(N)=NCc2ccccc2)c1O)N(C)Cc1ccccc1. The zero-order chi connectivity index (χ0) is 22.2. The summed E-state index contributed by atoms with van der Waals surface area (Å²) in [5.41, 5.74) is 15.7. The van der Waals surface area contributed by atoms with Crippen LogP contribution in [0, 0.1) is 0 Å². The molecule has 31 heavy (non-hydrogen) atoms. The van der Waals surface area contributed by atoms with E-state index in [4.69, 9.17) is 11.5 Å². The van der Waals surface area contributed by atoms with Crippen LogP contribution in [0.5, 0.6) is 5.75 Å². The number of benzene rings is 3. The second kappa shape index (κ2) is 10.1. The molecule has 0 atom stereocenters. The number of hydrogen-bond acceptors (Lipinski definition) is 4. The molecule has 3 aromatic rings. The Morgan fingerprint density at radius 2 is 1.48 bits per heavy atom. The molecule has 0 aromatic heterocycles. The molecule has 158 valence electrons. The average Bonchev–Trinajstić information content (AvgIpc) is 2.79. The summed E-state index contributed by atoms with van der Waals surface area (Å²) in [6, 6.07) is 25.0. The van der Waals surface area contributed by atoms with Crippen LogP contribution in [0.3, 0.4) is 0 Å². The molecule has 0 amide bonds. The van der Waals surface area contributed by atoms with Crippen molar-refractivity contribution in [3.05, 3.63) is 102 Å². The fourth-order valence-electron chi connectivity index (χ4n) is 3.04. The first-order valence-electron chi connectivity index (χ1n) is 9.90. The van der Waals surface area contributed by atoms with Gasteiger partial charge in [-0.1, -0.05) is 73.3 Å². The summed E-state index contributed by atoms with van der Waals surface area (Å²) >= 11 is 0. The summed E-state index contributed by atoms with van der Waals surface area (Å²) < 4.78 is 0. The molecule has 0 unspecified atom stereocenters. The van der Waals surface area contributed by atoms with E-state index >= 15 is 0 Å². The minimum Gasteiger partial charge on any atom is -0.505 e. The van der Waals surface area contributed by atoms with Crippen LogP contribution in [0.25, 0.3) is 5.70 Å². The maximum absolute atomic E-state index is 10.8. The van der Waals surface area contributed by atoms with Crippen LogP contribution in [0.1, 0.15) is 16.7 Å². The van der Waals surface area contributed by atoms with Gasteiger partial charge in [0.2, 0.25) is 0 Å². The highest BCUT2D eigenvalue weighted by atomic mass is 16.3. The summed E-state index contributed by atoms with van der Waals surface area (Å²) in [6.45, 7) is 5.20. The molecule has 0 fully saturated rings. The predicted molar refractivity (Wildman–Crippen MR) is 128 cm³/mol. The third-order valence-electron chi connectivity index (χ3n) is 4.83. The number of rotatable bonds is 7. The highest BCUT2D eigenvalue weighted by molar-refractivity contribution is 6.39. The van der Waals surface area contributed by atoms with Crippen molar-refractivity contribution in [2.24, 2.45) is 21.5 Å². The lowest BCUT2D eigenvalue weighted by atomic mass is 10.1. The topological polar surface area (TPSA) is 100 Å². The van der Waals surface area contributed by atoms with Gasteiger partial charge < -0.3 is 21.5 Å². The van der Waals surface area contributed by atoms with Crippen LogP contribution in [0.4, 0.5) is 5.69 Å². The first-order valence-corrected chi connectivity index (χ1v) is 9.90. The second-order valence-corrected chi connectivity index (χ2v) is 7.15. The number of hydrogen-bond donors (Lipinski definition) is 3. The van der Waals surface area contributed by atoms with Gasteiger partial charge in [0, 0.05) is 24.9 Å². The van der Waals surface area contributed by atoms with Crippen molar-refractivity contribution in [3.63, 3.8) is 0 Å². The number of phenols is 1. The molecule has 0 saturated carbocycles. The third kappa shape index (κ3) is 5.73. The van der Waals surface area contributed by atoms with Gasteiger partial charge in [-0.25, -0.2) is 4.99 Å². The van der Waals surface area contributed by atoms with E-state index in [-0.39, 0.29) is 17.4 Å². The van der Waals surface area contributed by atoms with E-state index in [0.717, 1.165) is 11.1 Å². The van der Waals surface area contributed by atoms with Crippen molar-refractivity contribution in [3.8, 4) is 5.75 Å². The first-order chi connectivity index (χ1) is 15.0. The molecular weight excluding hydrogens is 386 g/mol. The van der Waals surface area contributed by atoms with Gasteiger partial charge in [-0.3, -0.25) is 4.99 Å². The summed E-state index contributed by atoms with van der Waals surface area (Å²) in [7, 11) is 1.92. The van der Waals surface area contributed by atoms with Gasteiger partial charge in [-0.05, 0) is 23.3 Å². The van der Waals surface area contributed by atoms with Crippen molar-refractivity contribution >= 4 is 23.1 Å². The molecule has 0 bridgehead atoms. The van der Waals surface area contributed by atoms with E-state index in [0.29, 0.717) is 30.0 Å². The van der Waals surface area contributed by atoms with Gasteiger partial charge in [0.05, 0.1) is 6.54 Å². The average molecular weight is 414 g/mol. The fourth-order valence-corrected chi connectivity index (χ4v) is 3.04. The molecular formula is C25H27N5O. The number of nitrogens with two attached hydrogens (primary N) is 2. The number of aromatic hydroxyl groups is 1. The third-order valence-corrected chi connectivity index (χ3v) is 4.83. The Balaban J connectivity index is 1.77. The highest BCUT2D eigenvalue weighted by Crippen LogP contribution is 2.35. The molecule has 0 radical (unpaired) electrons. The molecule has 0 aliphatic heterocycles. The van der Waals surface area contributed by atoms with Crippen LogP contribution in [0.15, 0.2) is 95.4 Å². The van der Waals surface area contributed by atoms with Crippen LogP contribution in [-0.4, -0.2) is 28.7 Å². The van der Waals surface area contributed by atoms with Crippen molar-refractivity contribution < 1.29 is 5.11 Å². The molecule has 0 aliphatic rings. The van der Waals surface area contributed by atoms with Crippen LogP contribution >= 0.6 is 0 Å². The van der Waals surface area contributed by atoms with E-state index in [9.17, 15) is 5.11 Å². The molecule has 3 aromatic carbocycles. The minimum absolute atomic E-state index is 0.00813. The molecule has 0 aliphatic carbocycles. The summed E-state index contributed by atoms with van der Waals surface area (Å²) in [5, 5.41) is 10.8. The molecule has 6 heteroatoms.